The molecule has 2 rings (SSSR count). The van der Waals surface area contributed by atoms with E-state index in [0.717, 1.165) is 17.1 Å². The third kappa shape index (κ3) is 1.62. The van der Waals surface area contributed by atoms with Crippen LogP contribution in [0.2, 0.25) is 0 Å². The molecule has 0 fully saturated rings. The topological polar surface area (TPSA) is 80.5 Å². The number of aromatic amines is 1. The lowest BCUT2D eigenvalue weighted by atomic mass is 10.2. The van der Waals surface area contributed by atoms with Gasteiger partial charge in [-0.2, -0.15) is 5.10 Å². The van der Waals surface area contributed by atoms with Crippen LogP contribution in [0.15, 0.2) is 18.3 Å². The highest BCUT2D eigenvalue weighted by Crippen LogP contribution is 2.14. The Morgan fingerprint density at radius 1 is 1.50 bits per heavy atom. The number of nitrogens with two attached hydrogens (primary N) is 1. The Bertz CT molecular complexity index is 434. The van der Waals surface area contributed by atoms with Crippen molar-refractivity contribution in [2.24, 2.45) is 5.73 Å². The average molecular weight is 189 g/mol. The van der Waals surface area contributed by atoms with Crippen molar-refractivity contribution in [1.82, 2.24) is 20.2 Å². The Hall–Kier alpha value is -1.75. The van der Waals surface area contributed by atoms with Gasteiger partial charge in [0.05, 0.1) is 5.69 Å². The molecule has 0 aliphatic rings. The van der Waals surface area contributed by atoms with Crippen LogP contribution >= 0.6 is 0 Å². The van der Waals surface area contributed by atoms with E-state index < -0.39 is 0 Å². The van der Waals surface area contributed by atoms with Gasteiger partial charge in [0.1, 0.15) is 5.82 Å². The molecule has 0 radical (unpaired) electrons. The summed E-state index contributed by atoms with van der Waals surface area (Å²) in [5.41, 5.74) is 7.26. The van der Waals surface area contributed by atoms with Crippen molar-refractivity contribution < 1.29 is 0 Å². The number of nitrogens with zero attached hydrogens (tertiary/aromatic N) is 3. The second-order valence-corrected chi connectivity index (χ2v) is 2.98. The fourth-order valence-corrected chi connectivity index (χ4v) is 1.20. The molecule has 5 nitrogen and oxygen atoms in total. The number of pyridine rings is 1. The molecule has 3 N–H and O–H groups in total. The highest BCUT2D eigenvalue weighted by molar-refractivity contribution is 5.54. The lowest BCUT2D eigenvalue weighted by molar-refractivity contribution is 0.989. The van der Waals surface area contributed by atoms with E-state index in [1.54, 1.807) is 6.20 Å². The highest BCUT2D eigenvalue weighted by Gasteiger charge is 2.03. The van der Waals surface area contributed by atoms with Crippen molar-refractivity contribution in [3.8, 4) is 11.4 Å². The van der Waals surface area contributed by atoms with E-state index in [1.165, 1.54) is 0 Å². The second-order valence-electron chi connectivity index (χ2n) is 2.98. The SMILES string of the molecule is Cc1nc(-c2ccnc(CN)c2)n[nH]1. The summed E-state index contributed by atoms with van der Waals surface area (Å²) in [4.78, 5) is 8.32. The van der Waals surface area contributed by atoms with Gasteiger partial charge in [-0.1, -0.05) is 0 Å². The van der Waals surface area contributed by atoms with Crippen LogP contribution in [-0.2, 0) is 6.54 Å². The van der Waals surface area contributed by atoms with E-state index in [9.17, 15) is 0 Å². The van der Waals surface area contributed by atoms with Gasteiger partial charge in [0.25, 0.3) is 0 Å². The summed E-state index contributed by atoms with van der Waals surface area (Å²) in [5.74, 6) is 1.48. The summed E-state index contributed by atoms with van der Waals surface area (Å²) in [6, 6.07) is 3.75. The van der Waals surface area contributed by atoms with Gasteiger partial charge in [0, 0.05) is 18.3 Å². The average Bonchev–Trinajstić information content (AvgIpc) is 2.65. The molecular formula is C9H11N5. The van der Waals surface area contributed by atoms with E-state index in [2.05, 4.69) is 20.2 Å². The molecule has 72 valence electrons. The zero-order chi connectivity index (χ0) is 9.97. The zero-order valence-corrected chi connectivity index (χ0v) is 7.86. The molecule has 0 amide bonds. The van der Waals surface area contributed by atoms with E-state index in [-0.39, 0.29) is 0 Å². The van der Waals surface area contributed by atoms with Crippen molar-refractivity contribution >= 4 is 0 Å². The third-order valence-electron chi connectivity index (χ3n) is 1.88. The van der Waals surface area contributed by atoms with E-state index in [1.807, 2.05) is 19.1 Å². The van der Waals surface area contributed by atoms with Crippen molar-refractivity contribution in [3.63, 3.8) is 0 Å². The molecule has 0 saturated carbocycles. The molecule has 0 aromatic carbocycles. The van der Waals surface area contributed by atoms with Crippen molar-refractivity contribution in [1.29, 1.82) is 0 Å². The molecule has 0 saturated heterocycles. The Morgan fingerprint density at radius 2 is 2.36 bits per heavy atom. The summed E-state index contributed by atoms with van der Waals surface area (Å²) in [6.07, 6.45) is 1.71. The number of aryl methyl sites for hydroxylation is 1. The first-order valence-electron chi connectivity index (χ1n) is 4.34. The summed E-state index contributed by atoms with van der Waals surface area (Å²) < 4.78 is 0. The quantitative estimate of drug-likeness (QED) is 0.726. The monoisotopic (exact) mass is 189 g/mol. The molecular weight excluding hydrogens is 178 g/mol. The molecule has 0 atom stereocenters. The van der Waals surface area contributed by atoms with Gasteiger partial charge in [-0.05, 0) is 19.1 Å². The standard InChI is InChI=1S/C9H11N5/c1-6-12-9(14-13-6)7-2-3-11-8(4-7)5-10/h2-4H,5,10H2,1H3,(H,12,13,14). The molecule has 0 spiro atoms. The normalized spacial score (nSPS) is 10.4. The third-order valence-corrected chi connectivity index (χ3v) is 1.88. The minimum atomic E-state index is 0.428. The predicted molar refractivity (Wildman–Crippen MR) is 52.2 cm³/mol. The minimum Gasteiger partial charge on any atom is -0.325 e. The predicted octanol–water partition coefficient (Wildman–Crippen LogP) is 0.634. The Kier molecular flexibility index (Phi) is 2.24. The molecule has 0 unspecified atom stereocenters. The van der Waals surface area contributed by atoms with Crippen LogP contribution in [0.4, 0.5) is 0 Å². The van der Waals surface area contributed by atoms with Gasteiger partial charge in [-0.25, -0.2) is 4.98 Å². The summed E-state index contributed by atoms with van der Waals surface area (Å²) in [5, 5.41) is 6.85. The second kappa shape index (κ2) is 3.55. The van der Waals surface area contributed by atoms with Gasteiger partial charge < -0.3 is 5.73 Å². The lowest BCUT2D eigenvalue weighted by Gasteiger charge is -1.97. The van der Waals surface area contributed by atoms with Crippen LogP contribution < -0.4 is 5.73 Å². The van der Waals surface area contributed by atoms with Gasteiger partial charge in [0.15, 0.2) is 5.82 Å². The molecule has 0 aliphatic carbocycles. The van der Waals surface area contributed by atoms with Crippen LogP contribution in [0.3, 0.4) is 0 Å². The largest absolute Gasteiger partial charge is 0.325 e. The maximum absolute atomic E-state index is 5.49. The van der Waals surface area contributed by atoms with Gasteiger partial charge >= 0.3 is 0 Å². The lowest BCUT2D eigenvalue weighted by Crippen LogP contribution is -1.99. The summed E-state index contributed by atoms with van der Waals surface area (Å²) >= 11 is 0. The fourth-order valence-electron chi connectivity index (χ4n) is 1.20. The number of hydrogen-bond acceptors (Lipinski definition) is 4. The highest BCUT2D eigenvalue weighted by atomic mass is 15.2. The first kappa shape index (κ1) is 8.83. The Labute approximate surface area is 81.4 Å². The Balaban J connectivity index is 2.41. The maximum Gasteiger partial charge on any atom is 0.181 e. The maximum atomic E-state index is 5.49. The molecule has 0 bridgehead atoms. The van der Waals surface area contributed by atoms with Crippen LogP contribution in [0.5, 0.6) is 0 Å². The van der Waals surface area contributed by atoms with E-state index in [0.29, 0.717) is 12.4 Å². The van der Waals surface area contributed by atoms with Crippen LogP contribution in [0.1, 0.15) is 11.5 Å². The van der Waals surface area contributed by atoms with Crippen molar-refractivity contribution in [2.75, 3.05) is 0 Å². The van der Waals surface area contributed by atoms with Crippen LogP contribution in [0, 0.1) is 6.92 Å². The molecule has 2 aromatic heterocycles. The number of rotatable bonds is 2. The molecule has 14 heavy (non-hydrogen) atoms. The van der Waals surface area contributed by atoms with Gasteiger partial charge in [0.2, 0.25) is 0 Å². The van der Waals surface area contributed by atoms with Crippen LogP contribution in [-0.4, -0.2) is 20.2 Å². The first-order chi connectivity index (χ1) is 6.79. The zero-order valence-electron chi connectivity index (χ0n) is 7.86. The molecule has 0 aliphatic heterocycles. The summed E-state index contributed by atoms with van der Waals surface area (Å²) in [7, 11) is 0. The van der Waals surface area contributed by atoms with E-state index in [4.69, 9.17) is 5.73 Å². The summed E-state index contributed by atoms with van der Waals surface area (Å²) in [6.45, 7) is 2.29. The van der Waals surface area contributed by atoms with Gasteiger partial charge in [-0.15, -0.1) is 0 Å². The van der Waals surface area contributed by atoms with Crippen molar-refractivity contribution in [3.05, 3.63) is 29.8 Å². The molecule has 2 heterocycles. The van der Waals surface area contributed by atoms with Crippen molar-refractivity contribution in [2.45, 2.75) is 13.5 Å². The number of hydrogen-bond donors (Lipinski definition) is 2. The smallest absolute Gasteiger partial charge is 0.181 e. The first-order valence-corrected chi connectivity index (χ1v) is 4.34. The Morgan fingerprint density at radius 3 is 3.00 bits per heavy atom. The number of H-pyrrole nitrogens is 1. The molecule has 2 aromatic rings. The van der Waals surface area contributed by atoms with E-state index >= 15 is 0 Å². The number of nitrogens with one attached hydrogen (secondary N) is 1. The minimum absolute atomic E-state index is 0.428. The van der Waals surface area contributed by atoms with Crippen LogP contribution in [0.25, 0.3) is 11.4 Å². The molecule has 5 heteroatoms. The fraction of sp³-hybridized carbons (Fsp3) is 0.222. The van der Waals surface area contributed by atoms with Gasteiger partial charge in [-0.3, -0.25) is 10.1 Å². The number of aromatic nitrogens is 4.